The van der Waals surface area contributed by atoms with Crippen molar-refractivity contribution in [2.75, 3.05) is 17.1 Å². The minimum absolute atomic E-state index is 0.306. The van der Waals surface area contributed by atoms with Crippen LogP contribution in [0.15, 0.2) is 72.8 Å². The minimum atomic E-state index is -0.923. The molecule has 2 amide bonds. The lowest BCUT2D eigenvalue weighted by Crippen LogP contribution is -2.37. The molecule has 0 N–H and O–H groups in total. The number of hydroxylamine groups is 1. The topological polar surface area (TPSA) is 59.1 Å². The van der Waals surface area contributed by atoms with E-state index >= 15 is 0 Å². The van der Waals surface area contributed by atoms with Crippen LogP contribution >= 0.6 is 11.6 Å². The maximum Gasteiger partial charge on any atom is 0.266 e. The number of nitrogens with zero attached hydrogens (tertiary/aromatic N) is 2. The van der Waals surface area contributed by atoms with Crippen molar-refractivity contribution in [3.8, 4) is 5.75 Å². The lowest BCUT2D eigenvalue weighted by molar-refractivity contribution is -0.126. The largest absolute Gasteiger partial charge is 0.497 e. The fourth-order valence-electron chi connectivity index (χ4n) is 4.44. The number of hydrogen-bond donors (Lipinski definition) is 0. The Morgan fingerprint density at radius 1 is 0.938 bits per heavy atom. The van der Waals surface area contributed by atoms with Gasteiger partial charge < -0.3 is 4.74 Å². The number of methoxy groups -OCH3 is 1. The Labute approximate surface area is 190 Å². The maximum atomic E-state index is 13.6. The third-order valence-corrected chi connectivity index (χ3v) is 6.23. The molecule has 0 aliphatic carbocycles. The molecule has 0 saturated carbocycles. The number of ether oxygens (including phenoxy) is 1. The third-order valence-electron chi connectivity index (χ3n) is 5.99. The van der Waals surface area contributed by atoms with Crippen LogP contribution in [0.4, 0.5) is 11.4 Å². The van der Waals surface area contributed by atoms with E-state index in [4.69, 9.17) is 21.2 Å². The molecule has 2 aliphatic heterocycles. The zero-order valence-electron chi connectivity index (χ0n) is 17.6. The number of halogens is 1. The van der Waals surface area contributed by atoms with Crippen LogP contribution in [0.25, 0.3) is 0 Å². The first kappa shape index (κ1) is 20.5. The molecule has 0 radical (unpaired) electrons. The fraction of sp³-hybridized carbons (Fsp3) is 0.200. The van der Waals surface area contributed by atoms with Gasteiger partial charge in [-0.2, -0.15) is 0 Å². The van der Waals surface area contributed by atoms with Crippen molar-refractivity contribution in [1.82, 2.24) is 0 Å². The highest BCUT2D eigenvalue weighted by molar-refractivity contribution is 6.31. The van der Waals surface area contributed by atoms with E-state index in [0.717, 1.165) is 16.8 Å². The van der Waals surface area contributed by atoms with Crippen LogP contribution in [0.1, 0.15) is 17.2 Å². The fourth-order valence-corrected chi connectivity index (χ4v) is 4.63. The zero-order valence-corrected chi connectivity index (χ0v) is 18.3. The molecule has 3 aromatic carbocycles. The van der Waals surface area contributed by atoms with Crippen molar-refractivity contribution in [3.63, 3.8) is 0 Å². The molecule has 2 saturated heterocycles. The van der Waals surface area contributed by atoms with Gasteiger partial charge in [0.1, 0.15) is 11.7 Å². The Bertz CT molecular complexity index is 1200. The van der Waals surface area contributed by atoms with Gasteiger partial charge in [-0.3, -0.25) is 14.4 Å². The molecule has 2 heterocycles. The first-order chi connectivity index (χ1) is 15.5. The van der Waals surface area contributed by atoms with Crippen molar-refractivity contribution in [2.24, 2.45) is 5.92 Å². The van der Waals surface area contributed by atoms with Crippen molar-refractivity contribution in [3.05, 3.63) is 88.9 Å². The highest BCUT2D eigenvalue weighted by atomic mass is 35.5. The van der Waals surface area contributed by atoms with E-state index in [2.05, 4.69) is 0 Å². The number of fused-ring (bicyclic) bond motifs is 1. The number of imide groups is 1. The molecule has 2 fully saturated rings. The monoisotopic (exact) mass is 448 g/mol. The molecule has 32 heavy (non-hydrogen) atoms. The normalized spacial score (nSPS) is 22.4. The average molecular weight is 449 g/mol. The summed E-state index contributed by atoms with van der Waals surface area (Å²) in [6, 6.07) is 21.5. The Morgan fingerprint density at radius 2 is 1.69 bits per heavy atom. The van der Waals surface area contributed by atoms with Gasteiger partial charge in [0.25, 0.3) is 5.91 Å². The summed E-state index contributed by atoms with van der Waals surface area (Å²) in [5, 5.41) is 2.16. The summed E-state index contributed by atoms with van der Waals surface area (Å²) in [5.74, 6) is -0.688. The molecule has 0 bridgehead atoms. The van der Waals surface area contributed by atoms with E-state index in [0.29, 0.717) is 16.5 Å². The van der Waals surface area contributed by atoms with Gasteiger partial charge in [-0.05, 0) is 54.4 Å². The van der Waals surface area contributed by atoms with Crippen molar-refractivity contribution in [2.45, 2.75) is 19.1 Å². The predicted molar refractivity (Wildman–Crippen MR) is 122 cm³/mol. The summed E-state index contributed by atoms with van der Waals surface area (Å²) in [6.45, 7) is 1.97. The molecule has 162 valence electrons. The van der Waals surface area contributed by atoms with Crippen LogP contribution in [0.2, 0.25) is 5.02 Å². The summed E-state index contributed by atoms with van der Waals surface area (Å²) in [5.41, 5.74) is 3.10. The molecule has 7 heteroatoms. The quantitative estimate of drug-likeness (QED) is 0.541. The van der Waals surface area contributed by atoms with Crippen LogP contribution in [-0.4, -0.2) is 25.0 Å². The van der Waals surface area contributed by atoms with Crippen molar-refractivity contribution in [1.29, 1.82) is 0 Å². The second-order valence-electron chi connectivity index (χ2n) is 7.87. The summed E-state index contributed by atoms with van der Waals surface area (Å²) in [4.78, 5) is 34.3. The second kappa shape index (κ2) is 7.97. The SMILES string of the molecule is COc1ccc([C@@H]2[C@H]3C(=O)N(c4cccc(Cl)c4)C(=O)[C@@H]3ON2c2ccccc2C)cc1. The van der Waals surface area contributed by atoms with Crippen LogP contribution in [0.3, 0.4) is 0 Å². The van der Waals surface area contributed by atoms with E-state index in [9.17, 15) is 9.59 Å². The standard InChI is InChI=1S/C25H21ClN2O4/c1-15-6-3-4-9-20(15)28-22(16-10-12-19(31-2)13-11-16)21-23(32-28)25(30)27(24(21)29)18-8-5-7-17(26)14-18/h3-14,21-23H,1-2H3/t21-,22-,23-/m1/s1. The summed E-state index contributed by atoms with van der Waals surface area (Å²) >= 11 is 6.11. The number of para-hydroxylation sites is 1. The lowest BCUT2D eigenvalue weighted by Gasteiger charge is -2.29. The van der Waals surface area contributed by atoms with E-state index < -0.39 is 24.0 Å². The number of amides is 2. The van der Waals surface area contributed by atoms with Gasteiger partial charge in [0.05, 0.1) is 24.5 Å². The van der Waals surface area contributed by atoms with Crippen molar-refractivity contribution >= 4 is 34.8 Å². The molecule has 0 aromatic heterocycles. The minimum Gasteiger partial charge on any atom is -0.497 e. The molecule has 5 rings (SSSR count). The Balaban J connectivity index is 1.60. The first-order valence-electron chi connectivity index (χ1n) is 10.3. The first-order valence-corrected chi connectivity index (χ1v) is 10.7. The third kappa shape index (κ3) is 3.23. The highest BCUT2D eigenvalue weighted by Gasteiger charge is 2.60. The summed E-state index contributed by atoms with van der Waals surface area (Å²) in [7, 11) is 1.60. The van der Waals surface area contributed by atoms with Gasteiger partial charge in [-0.25, -0.2) is 9.96 Å². The molecule has 3 aromatic rings. The Hall–Kier alpha value is -3.35. The number of hydrogen-bond acceptors (Lipinski definition) is 5. The number of aryl methyl sites for hydroxylation is 1. The zero-order chi connectivity index (χ0) is 22.4. The Morgan fingerprint density at radius 3 is 2.38 bits per heavy atom. The number of rotatable bonds is 4. The van der Waals surface area contributed by atoms with Crippen LogP contribution in [-0.2, 0) is 14.4 Å². The number of anilines is 2. The number of benzene rings is 3. The molecule has 0 spiro atoms. The molecule has 6 nitrogen and oxygen atoms in total. The van der Waals surface area contributed by atoms with Gasteiger partial charge in [-0.15, -0.1) is 0 Å². The van der Waals surface area contributed by atoms with Crippen LogP contribution < -0.4 is 14.7 Å². The summed E-state index contributed by atoms with van der Waals surface area (Å²) < 4.78 is 5.29. The van der Waals surface area contributed by atoms with Crippen LogP contribution in [0, 0.1) is 12.8 Å². The van der Waals surface area contributed by atoms with Gasteiger partial charge in [0, 0.05) is 5.02 Å². The molecule has 0 unspecified atom stereocenters. The van der Waals surface area contributed by atoms with Crippen molar-refractivity contribution < 1.29 is 19.2 Å². The number of carbonyl (C=O) groups is 2. The molecular weight excluding hydrogens is 428 g/mol. The van der Waals surface area contributed by atoms with Gasteiger partial charge in [0.2, 0.25) is 5.91 Å². The average Bonchev–Trinajstić information content (AvgIpc) is 3.30. The second-order valence-corrected chi connectivity index (χ2v) is 8.31. The molecular formula is C25H21ClN2O4. The number of carbonyl (C=O) groups excluding carboxylic acids is 2. The van der Waals surface area contributed by atoms with Gasteiger partial charge in [0.15, 0.2) is 6.10 Å². The predicted octanol–water partition coefficient (Wildman–Crippen LogP) is 4.71. The Kier molecular flexibility index (Phi) is 5.12. The highest BCUT2D eigenvalue weighted by Crippen LogP contribution is 2.48. The van der Waals surface area contributed by atoms with E-state index in [-0.39, 0.29) is 5.91 Å². The van der Waals surface area contributed by atoms with E-state index in [1.165, 1.54) is 4.90 Å². The maximum absolute atomic E-state index is 13.6. The lowest BCUT2D eigenvalue weighted by atomic mass is 9.90. The van der Waals surface area contributed by atoms with Gasteiger partial charge >= 0.3 is 0 Å². The van der Waals surface area contributed by atoms with E-state index in [1.807, 2.05) is 55.5 Å². The van der Waals surface area contributed by atoms with Gasteiger partial charge in [-0.1, -0.05) is 48.0 Å². The van der Waals surface area contributed by atoms with E-state index in [1.54, 1.807) is 36.4 Å². The molecule has 2 aliphatic rings. The summed E-state index contributed by atoms with van der Waals surface area (Å²) in [6.07, 6.45) is -0.923. The molecule has 3 atom stereocenters. The van der Waals surface area contributed by atoms with Crippen LogP contribution in [0.5, 0.6) is 5.75 Å². The smallest absolute Gasteiger partial charge is 0.266 e.